The fraction of sp³-hybridized carbons (Fsp3) is 0.889. The largest absolute Gasteiger partial charge is 0.341 e. The van der Waals surface area contributed by atoms with Gasteiger partial charge in [0.25, 0.3) is 0 Å². The summed E-state index contributed by atoms with van der Waals surface area (Å²) in [7, 11) is 0. The van der Waals surface area contributed by atoms with Gasteiger partial charge in [0.1, 0.15) is 0 Å². The SMILES string of the molecule is CC(C)N1CCN2CCCN=C21. The molecule has 68 valence electrons. The molecule has 0 amide bonds. The highest BCUT2D eigenvalue weighted by atomic mass is 15.4. The van der Waals surface area contributed by atoms with Crippen LogP contribution >= 0.6 is 0 Å². The summed E-state index contributed by atoms with van der Waals surface area (Å²) >= 11 is 0. The van der Waals surface area contributed by atoms with Gasteiger partial charge in [0.15, 0.2) is 5.96 Å². The van der Waals surface area contributed by atoms with E-state index >= 15 is 0 Å². The van der Waals surface area contributed by atoms with Crippen LogP contribution < -0.4 is 0 Å². The lowest BCUT2D eigenvalue weighted by Crippen LogP contribution is -2.40. The topological polar surface area (TPSA) is 18.8 Å². The maximum Gasteiger partial charge on any atom is 0.196 e. The van der Waals surface area contributed by atoms with Crippen molar-refractivity contribution in [2.75, 3.05) is 26.2 Å². The number of guanidine groups is 1. The van der Waals surface area contributed by atoms with Crippen molar-refractivity contribution in [3.63, 3.8) is 0 Å². The lowest BCUT2D eigenvalue weighted by Gasteiger charge is -2.28. The molecule has 1 fully saturated rings. The van der Waals surface area contributed by atoms with E-state index in [-0.39, 0.29) is 0 Å². The molecule has 3 nitrogen and oxygen atoms in total. The minimum Gasteiger partial charge on any atom is -0.341 e. The molecule has 0 aromatic rings. The molecule has 0 N–H and O–H groups in total. The third kappa shape index (κ3) is 1.17. The third-order valence-electron chi connectivity index (χ3n) is 2.61. The molecule has 0 radical (unpaired) electrons. The van der Waals surface area contributed by atoms with Gasteiger partial charge in [-0.1, -0.05) is 0 Å². The van der Waals surface area contributed by atoms with Gasteiger partial charge in [-0.25, -0.2) is 0 Å². The molecule has 12 heavy (non-hydrogen) atoms. The second-order valence-electron chi connectivity index (χ2n) is 3.81. The molecule has 0 spiro atoms. The van der Waals surface area contributed by atoms with E-state index < -0.39 is 0 Å². The average molecular weight is 167 g/mol. The molecule has 0 saturated carbocycles. The van der Waals surface area contributed by atoms with Crippen LogP contribution in [0.1, 0.15) is 20.3 Å². The van der Waals surface area contributed by atoms with Gasteiger partial charge in [0.2, 0.25) is 0 Å². The minimum absolute atomic E-state index is 0.604. The molecule has 2 rings (SSSR count). The Morgan fingerprint density at radius 2 is 2.08 bits per heavy atom. The Morgan fingerprint density at radius 1 is 1.25 bits per heavy atom. The van der Waals surface area contributed by atoms with Crippen LogP contribution in [0.15, 0.2) is 4.99 Å². The summed E-state index contributed by atoms with van der Waals surface area (Å²) in [6, 6.07) is 0.604. The monoisotopic (exact) mass is 167 g/mol. The van der Waals surface area contributed by atoms with Gasteiger partial charge in [-0.15, -0.1) is 0 Å². The Morgan fingerprint density at radius 3 is 2.83 bits per heavy atom. The van der Waals surface area contributed by atoms with Crippen molar-refractivity contribution in [2.45, 2.75) is 26.3 Å². The van der Waals surface area contributed by atoms with Crippen molar-refractivity contribution in [1.82, 2.24) is 9.80 Å². The molecule has 0 aliphatic carbocycles. The summed E-state index contributed by atoms with van der Waals surface area (Å²) < 4.78 is 0. The highest BCUT2D eigenvalue weighted by Crippen LogP contribution is 2.15. The first kappa shape index (κ1) is 7.90. The Labute approximate surface area is 74.1 Å². The molecule has 2 aliphatic heterocycles. The summed E-state index contributed by atoms with van der Waals surface area (Å²) in [5, 5.41) is 0. The summed E-state index contributed by atoms with van der Waals surface area (Å²) in [6.45, 7) is 9.05. The Hall–Kier alpha value is -0.730. The molecular formula is C9H17N3. The fourth-order valence-electron chi connectivity index (χ4n) is 1.94. The molecule has 0 bridgehead atoms. The van der Waals surface area contributed by atoms with Crippen LogP contribution in [0.3, 0.4) is 0 Å². The van der Waals surface area contributed by atoms with Crippen LogP contribution in [-0.2, 0) is 0 Å². The number of aliphatic imine (C=N–C) groups is 1. The van der Waals surface area contributed by atoms with Crippen LogP contribution in [0.4, 0.5) is 0 Å². The van der Waals surface area contributed by atoms with Crippen molar-refractivity contribution >= 4 is 5.96 Å². The third-order valence-corrected chi connectivity index (χ3v) is 2.61. The van der Waals surface area contributed by atoms with Crippen LogP contribution in [0.25, 0.3) is 0 Å². The van der Waals surface area contributed by atoms with E-state index in [0.29, 0.717) is 6.04 Å². The minimum atomic E-state index is 0.604. The van der Waals surface area contributed by atoms with Gasteiger partial charge in [0.05, 0.1) is 0 Å². The Balaban J connectivity index is 2.14. The van der Waals surface area contributed by atoms with Gasteiger partial charge in [0, 0.05) is 32.2 Å². The van der Waals surface area contributed by atoms with Crippen molar-refractivity contribution in [3.8, 4) is 0 Å². The molecule has 1 saturated heterocycles. The quantitative estimate of drug-likeness (QED) is 0.574. The lowest BCUT2D eigenvalue weighted by molar-refractivity contribution is 0.378. The lowest BCUT2D eigenvalue weighted by atomic mass is 10.3. The van der Waals surface area contributed by atoms with E-state index in [9.17, 15) is 0 Å². The molecular weight excluding hydrogens is 150 g/mol. The van der Waals surface area contributed by atoms with Gasteiger partial charge >= 0.3 is 0 Å². The zero-order valence-corrected chi connectivity index (χ0v) is 7.95. The summed E-state index contributed by atoms with van der Waals surface area (Å²) in [5.74, 6) is 1.25. The second kappa shape index (κ2) is 2.96. The number of nitrogens with zero attached hydrogens (tertiary/aromatic N) is 3. The van der Waals surface area contributed by atoms with E-state index in [1.165, 1.54) is 25.5 Å². The smallest absolute Gasteiger partial charge is 0.196 e. The molecule has 0 aromatic heterocycles. The van der Waals surface area contributed by atoms with Gasteiger partial charge < -0.3 is 9.80 Å². The fourth-order valence-corrected chi connectivity index (χ4v) is 1.94. The van der Waals surface area contributed by atoms with Crippen LogP contribution in [0.5, 0.6) is 0 Å². The van der Waals surface area contributed by atoms with Crippen molar-refractivity contribution < 1.29 is 0 Å². The van der Waals surface area contributed by atoms with E-state index in [1.807, 2.05) is 0 Å². The number of rotatable bonds is 1. The molecule has 3 heteroatoms. The summed E-state index contributed by atoms with van der Waals surface area (Å²) in [5.41, 5.74) is 0. The number of fused-ring (bicyclic) bond motifs is 1. The molecule has 0 atom stereocenters. The van der Waals surface area contributed by atoms with Crippen LogP contribution in [0, 0.1) is 0 Å². The molecule has 2 heterocycles. The first-order valence-corrected chi connectivity index (χ1v) is 4.85. The zero-order chi connectivity index (χ0) is 8.55. The maximum absolute atomic E-state index is 4.56. The average Bonchev–Trinajstić information content (AvgIpc) is 2.47. The number of hydrogen-bond donors (Lipinski definition) is 0. The standard InChI is InChI=1S/C9H17N3/c1-8(2)12-7-6-11-5-3-4-10-9(11)12/h8H,3-7H2,1-2H3. The van der Waals surface area contributed by atoms with E-state index in [2.05, 4.69) is 28.6 Å². The van der Waals surface area contributed by atoms with Crippen LogP contribution in [-0.4, -0.2) is 48.0 Å². The normalized spacial score (nSPS) is 23.1. The maximum atomic E-state index is 4.56. The molecule has 0 aromatic carbocycles. The van der Waals surface area contributed by atoms with E-state index in [0.717, 1.165) is 13.1 Å². The first-order chi connectivity index (χ1) is 5.79. The van der Waals surface area contributed by atoms with Crippen molar-refractivity contribution in [1.29, 1.82) is 0 Å². The number of hydrogen-bond acceptors (Lipinski definition) is 3. The summed E-state index contributed by atoms with van der Waals surface area (Å²) in [4.78, 5) is 9.37. The molecule has 0 unspecified atom stereocenters. The highest BCUT2D eigenvalue weighted by molar-refractivity contribution is 5.82. The predicted octanol–water partition coefficient (Wildman–Crippen LogP) is 0.772. The highest BCUT2D eigenvalue weighted by Gasteiger charge is 2.28. The Bertz CT molecular complexity index is 198. The second-order valence-corrected chi connectivity index (χ2v) is 3.81. The van der Waals surface area contributed by atoms with Crippen molar-refractivity contribution in [2.24, 2.45) is 4.99 Å². The van der Waals surface area contributed by atoms with E-state index in [4.69, 9.17) is 0 Å². The molecule has 2 aliphatic rings. The van der Waals surface area contributed by atoms with Gasteiger partial charge in [-0.2, -0.15) is 0 Å². The first-order valence-electron chi connectivity index (χ1n) is 4.85. The van der Waals surface area contributed by atoms with E-state index in [1.54, 1.807) is 0 Å². The zero-order valence-electron chi connectivity index (χ0n) is 7.95. The predicted molar refractivity (Wildman–Crippen MR) is 50.3 cm³/mol. The Kier molecular flexibility index (Phi) is 1.95. The van der Waals surface area contributed by atoms with Gasteiger partial charge in [-0.3, -0.25) is 4.99 Å². The van der Waals surface area contributed by atoms with Crippen LogP contribution in [0.2, 0.25) is 0 Å². The summed E-state index contributed by atoms with van der Waals surface area (Å²) in [6.07, 6.45) is 1.23. The van der Waals surface area contributed by atoms with Crippen molar-refractivity contribution in [3.05, 3.63) is 0 Å². The van der Waals surface area contributed by atoms with Gasteiger partial charge in [-0.05, 0) is 20.3 Å².